The number of nitrogens with zero attached hydrogens (tertiary/aromatic N) is 1. The minimum Gasteiger partial charge on any atom is -0.383 e. The molecule has 0 spiro atoms. The van der Waals surface area contributed by atoms with Crippen LogP contribution >= 0.6 is 15.9 Å². The number of aryl methyl sites for hydroxylation is 1. The lowest BCUT2D eigenvalue weighted by Gasteiger charge is -2.06. The maximum Gasteiger partial charge on any atom is 0.263 e. The molecule has 1 rings (SSSR count). The molecular formula is C14H16BrN3O2. The zero-order valence-electron chi connectivity index (χ0n) is 11.4. The third kappa shape index (κ3) is 5.03. The largest absolute Gasteiger partial charge is 0.383 e. The summed E-state index contributed by atoms with van der Waals surface area (Å²) in [5.74, 6) is -0.430. The van der Waals surface area contributed by atoms with Gasteiger partial charge in [-0.05, 0) is 40.5 Å². The second kappa shape index (κ2) is 8.35. The van der Waals surface area contributed by atoms with E-state index in [9.17, 15) is 4.79 Å². The normalized spacial score (nSPS) is 10.8. The fourth-order valence-electron chi connectivity index (χ4n) is 1.40. The van der Waals surface area contributed by atoms with Gasteiger partial charge in [0.15, 0.2) is 0 Å². The third-order valence-corrected chi connectivity index (χ3v) is 3.11. The summed E-state index contributed by atoms with van der Waals surface area (Å²) in [5, 5.41) is 14.5. The number of carbonyl (C=O) groups excluding carboxylic acids is 1. The second-order valence-corrected chi connectivity index (χ2v) is 4.90. The fourth-order valence-corrected chi connectivity index (χ4v) is 2.01. The van der Waals surface area contributed by atoms with Crippen LogP contribution in [0.15, 0.2) is 34.4 Å². The van der Waals surface area contributed by atoms with Crippen molar-refractivity contribution in [1.29, 1.82) is 5.26 Å². The first-order valence-corrected chi connectivity index (χ1v) is 6.78. The smallest absolute Gasteiger partial charge is 0.263 e. The molecule has 0 radical (unpaired) electrons. The Kier molecular flexibility index (Phi) is 6.77. The Bertz CT molecular complexity index is 550. The number of nitrogens with one attached hydrogen (secondary N) is 2. The van der Waals surface area contributed by atoms with Crippen molar-refractivity contribution in [1.82, 2.24) is 5.32 Å². The summed E-state index contributed by atoms with van der Waals surface area (Å²) < 4.78 is 5.69. The van der Waals surface area contributed by atoms with Gasteiger partial charge in [-0.3, -0.25) is 4.79 Å². The van der Waals surface area contributed by atoms with Crippen LogP contribution in [0.5, 0.6) is 0 Å². The summed E-state index contributed by atoms with van der Waals surface area (Å²) in [4.78, 5) is 11.7. The van der Waals surface area contributed by atoms with Gasteiger partial charge in [0.25, 0.3) is 5.91 Å². The predicted molar refractivity (Wildman–Crippen MR) is 81.1 cm³/mol. The molecule has 0 fully saturated rings. The number of nitriles is 1. The molecule has 0 heterocycles. The highest BCUT2D eigenvalue weighted by Gasteiger charge is 2.08. The Morgan fingerprint density at radius 1 is 1.55 bits per heavy atom. The third-order valence-electron chi connectivity index (χ3n) is 2.45. The summed E-state index contributed by atoms with van der Waals surface area (Å²) in [6.07, 6.45) is 1.39. The van der Waals surface area contributed by atoms with E-state index >= 15 is 0 Å². The Balaban J connectivity index is 2.70. The zero-order valence-corrected chi connectivity index (χ0v) is 13.0. The van der Waals surface area contributed by atoms with Crippen LogP contribution in [0.4, 0.5) is 5.69 Å². The van der Waals surface area contributed by atoms with Gasteiger partial charge in [0, 0.05) is 24.3 Å². The van der Waals surface area contributed by atoms with Crippen LogP contribution in [0.25, 0.3) is 0 Å². The van der Waals surface area contributed by atoms with Gasteiger partial charge in [-0.25, -0.2) is 0 Å². The van der Waals surface area contributed by atoms with Gasteiger partial charge in [-0.2, -0.15) is 5.26 Å². The molecule has 0 atom stereocenters. The lowest BCUT2D eigenvalue weighted by molar-refractivity contribution is -0.117. The minimum absolute atomic E-state index is 0.00794. The summed E-state index contributed by atoms with van der Waals surface area (Å²) >= 11 is 3.42. The number of anilines is 1. The molecule has 1 aromatic carbocycles. The van der Waals surface area contributed by atoms with Gasteiger partial charge in [0.05, 0.1) is 12.3 Å². The van der Waals surface area contributed by atoms with E-state index in [-0.39, 0.29) is 5.57 Å². The molecule has 2 N–H and O–H groups in total. The molecule has 106 valence electrons. The van der Waals surface area contributed by atoms with Gasteiger partial charge in [0.2, 0.25) is 0 Å². The van der Waals surface area contributed by atoms with E-state index in [0.717, 1.165) is 15.7 Å². The van der Waals surface area contributed by atoms with Gasteiger partial charge in [-0.15, -0.1) is 0 Å². The van der Waals surface area contributed by atoms with Gasteiger partial charge < -0.3 is 15.4 Å². The molecule has 1 amide bonds. The number of halogens is 1. The number of benzene rings is 1. The fraction of sp³-hybridized carbons (Fsp3) is 0.286. The second-order valence-electron chi connectivity index (χ2n) is 4.05. The van der Waals surface area contributed by atoms with E-state index in [1.807, 2.05) is 31.2 Å². The molecule has 0 aromatic heterocycles. The van der Waals surface area contributed by atoms with E-state index < -0.39 is 5.91 Å². The topological polar surface area (TPSA) is 74.1 Å². The van der Waals surface area contributed by atoms with Crippen molar-refractivity contribution in [2.45, 2.75) is 6.92 Å². The maximum atomic E-state index is 11.7. The molecule has 0 saturated heterocycles. The number of methoxy groups -OCH3 is 1. The maximum absolute atomic E-state index is 11.7. The molecule has 0 aliphatic carbocycles. The Morgan fingerprint density at radius 2 is 2.30 bits per heavy atom. The predicted octanol–water partition coefficient (Wildman–Crippen LogP) is 2.34. The SMILES string of the molecule is COCCNC(=O)/C(C#N)=C\Nc1ccc(C)cc1Br. The standard InChI is InChI=1S/C14H16BrN3O2/c1-10-3-4-13(12(15)7-10)18-9-11(8-16)14(19)17-5-6-20-2/h3-4,7,9,18H,5-6H2,1-2H3,(H,17,19)/b11-9-. The van der Waals surface area contributed by atoms with Crippen LogP contribution in [-0.4, -0.2) is 26.2 Å². The summed E-state index contributed by atoms with van der Waals surface area (Å²) in [5.41, 5.74) is 1.91. The average Bonchev–Trinajstić information content (AvgIpc) is 2.42. The highest BCUT2D eigenvalue weighted by molar-refractivity contribution is 9.10. The molecule has 0 aliphatic rings. The minimum atomic E-state index is -0.430. The number of ether oxygens (including phenoxy) is 1. The first-order valence-electron chi connectivity index (χ1n) is 5.98. The van der Waals surface area contributed by atoms with Crippen LogP contribution in [0.3, 0.4) is 0 Å². The van der Waals surface area contributed by atoms with E-state index in [2.05, 4.69) is 26.6 Å². The number of carbonyl (C=O) groups is 1. The van der Waals surface area contributed by atoms with Crippen molar-refractivity contribution in [3.63, 3.8) is 0 Å². The molecule has 0 saturated carbocycles. The Labute approximate surface area is 126 Å². The van der Waals surface area contributed by atoms with Crippen molar-refractivity contribution in [2.24, 2.45) is 0 Å². The van der Waals surface area contributed by atoms with Crippen LogP contribution in [0.1, 0.15) is 5.56 Å². The number of amides is 1. The lowest BCUT2D eigenvalue weighted by atomic mass is 10.2. The number of hydrogen-bond acceptors (Lipinski definition) is 4. The molecule has 6 heteroatoms. The van der Waals surface area contributed by atoms with Crippen molar-refractivity contribution < 1.29 is 9.53 Å². The Morgan fingerprint density at radius 3 is 2.90 bits per heavy atom. The van der Waals surface area contributed by atoms with Crippen LogP contribution in [-0.2, 0) is 9.53 Å². The monoisotopic (exact) mass is 337 g/mol. The van der Waals surface area contributed by atoms with Crippen molar-refractivity contribution in [2.75, 3.05) is 25.6 Å². The van der Waals surface area contributed by atoms with E-state index in [0.29, 0.717) is 13.2 Å². The zero-order chi connectivity index (χ0) is 15.0. The average molecular weight is 338 g/mol. The molecule has 0 bridgehead atoms. The lowest BCUT2D eigenvalue weighted by Crippen LogP contribution is -2.28. The first kappa shape index (κ1) is 16.2. The molecule has 0 aliphatic heterocycles. The summed E-state index contributed by atoms with van der Waals surface area (Å²) in [6, 6.07) is 7.61. The van der Waals surface area contributed by atoms with Gasteiger partial charge in [0.1, 0.15) is 11.6 Å². The first-order chi connectivity index (χ1) is 9.58. The number of hydrogen-bond donors (Lipinski definition) is 2. The molecular weight excluding hydrogens is 322 g/mol. The van der Waals surface area contributed by atoms with E-state index in [1.165, 1.54) is 6.20 Å². The van der Waals surface area contributed by atoms with Gasteiger partial charge in [-0.1, -0.05) is 6.07 Å². The highest BCUT2D eigenvalue weighted by atomic mass is 79.9. The quantitative estimate of drug-likeness (QED) is 0.474. The summed E-state index contributed by atoms with van der Waals surface area (Å²) in [6.45, 7) is 2.75. The Hall–Kier alpha value is -1.84. The molecule has 1 aromatic rings. The molecule has 5 nitrogen and oxygen atoms in total. The van der Waals surface area contributed by atoms with Crippen LogP contribution in [0.2, 0.25) is 0 Å². The van der Waals surface area contributed by atoms with Crippen LogP contribution < -0.4 is 10.6 Å². The van der Waals surface area contributed by atoms with Crippen molar-refractivity contribution >= 4 is 27.5 Å². The number of rotatable bonds is 6. The van der Waals surface area contributed by atoms with Crippen molar-refractivity contribution in [3.05, 3.63) is 40.0 Å². The highest BCUT2D eigenvalue weighted by Crippen LogP contribution is 2.23. The summed E-state index contributed by atoms with van der Waals surface area (Å²) in [7, 11) is 1.55. The molecule has 20 heavy (non-hydrogen) atoms. The molecule has 0 unspecified atom stereocenters. The van der Waals surface area contributed by atoms with Crippen molar-refractivity contribution in [3.8, 4) is 6.07 Å². The van der Waals surface area contributed by atoms with Crippen LogP contribution in [0, 0.1) is 18.3 Å². The van der Waals surface area contributed by atoms with E-state index in [1.54, 1.807) is 7.11 Å². The van der Waals surface area contributed by atoms with E-state index in [4.69, 9.17) is 10.00 Å². The van der Waals surface area contributed by atoms with Gasteiger partial charge >= 0.3 is 0 Å².